The molecule has 310 valence electrons. The minimum atomic E-state index is -5.91. The second-order valence-corrected chi connectivity index (χ2v) is 17.4. The lowest BCUT2D eigenvalue weighted by molar-refractivity contribution is -0.247. The molecule has 0 saturated carbocycles. The third kappa shape index (κ3) is 14.5. The van der Waals surface area contributed by atoms with Crippen molar-refractivity contribution in [2.75, 3.05) is 37.8 Å². The summed E-state index contributed by atoms with van der Waals surface area (Å²) in [5, 5.41) is 34.2. The van der Waals surface area contributed by atoms with Gasteiger partial charge in [0.15, 0.2) is 22.8 Å². The fraction of sp³-hybridized carbons (Fsp3) is 0.640. The van der Waals surface area contributed by atoms with E-state index in [-0.39, 0.29) is 60.2 Å². The van der Waals surface area contributed by atoms with Crippen LogP contribution in [-0.2, 0) is 55.5 Å². The Kier molecular flexibility index (Phi) is 16.4. The number of carboxylic acids is 1. The van der Waals surface area contributed by atoms with Gasteiger partial charge in [0.1, 0.15) is 36.3 Å². The maximum absolute atomic E-state index is 12.5. The lowest BCUT2D eigenvalue weighted by atomic mass is 9.87. The first-order chi connectivity index (χ1) is 25.4. The van der Waals surface area contributed by atoms with Gasteiger partial charge in [0.05, 0.1) is 26.0 Å². The molecule has 0 radical (unpaired) electrons. The van der Waals surface area contributed by atoms with Crippen molar-refractivity contribution in [3.05, 3.63) is 12.7 Å². The van der Waals surface area contributed by atoms with E-state index in [1.165, 1.54) is 13.8 Å². The minimum Gasteiger partial charge on any atom is -0.756 e. The third-order valence-electron chi connectivity index (χ3n) is 7.29. The van der Waals surface area contributed by atoms with E-state index in [4.69, 9.17) is 15.6 Å². The molecular weight excluding hydrogens is 827 g/mol. The number of carboxylic acid groups (broad SMARTS) is 1. The summed E-state index contributed by atoms with van der Waals surface area (Å²) in [5.41, 5.74) is 4.05. The van der Waals surface area contributed by atoms with Gasteiger partial charge in [-0.15, -0.1) is 0 Å². The normalized spacial score (nSPS) is 22.6. The highest BCUT2D eigenvalue weighted by atomic mass is 32.2. The maximum Gasteiger partial charge on any atom is 0.303 e. The summed E-state index contributed by atoms with van der Waals surface area (Å²) >= 11 is 0.839. The number of thioether (sulfide) groups is 1. The summed E-state index contributed by atoms with van der Waals surface area (Å²) in [6, 6.07) is 0. The second kappa shape index (κ2) is 19.5. The molecule has 3 heterocycles. The van der Waals surface area contributed by atoms with Crippen LogP contribution in [0.2, 0.25) is 0 Å². The van der Waals surface area contributed by atoms with Gasteiger partial charge in [-0.1, -0.05) is 25.6 Å². The highest BCUT2D eigenvalue weighted by molar-refractivity contribution is 8.13. The van der Waals surface area contributed by atoms with Crippen LogP contribution in [0.3, 0.4) is 0 Å². The first kappa shape index (κ1) is 46.4. The number of nitrogens with one attached hydrogen (secondary N) is 2. The first-order valence-corrected chi connectivity index (χ1v) is 21.0. The van der Waals surface area contributed by atoms with Crippen LogP contribution in [-0.4, -0.2) is 119 Å². The van der Waals surface area contributed by atoms with Crippen LogP contribution in [0.1, 0.15) is 39.3 Å². The van der Waals surface area contributed by atoms with Gasteiger partial charge in [-0.3, -0.25) is 37.4 Å². The molecule has 55 heavy (non-hydrogen) atoms. The molecule has 2 amide bonds. The Labute approximate surface area is 314 Å². The van der Waals surface area contributed by atoms with E-state index >= 15 is 0 Å². The largest absolute Gasteiger partial charge is 0.756 e. The number of imidazole rings is 1. The van der Waals surface area contributed by atoms with E-state index in [9.17, 15) is 62.7 Å². The van der Waals surface area contributed by atoms with Crippen molar-refractivity contribution in [3.63, 3.8) is 0 Å². The molecule has 8 N–H and O–H groups in total. The zero-order valence-corrected chi connectivity index (χ0v) is 32.2. The van der Waals surface area contributed by atoms with Crippen molar-refractivity contribution in [1.82, 2.24) is 30.2 Å². The smallest absolute Gasteiger partial charge is 0.303 e. The molecular formula is C25H37N7O19P3S-3. The number of ether oxygens (including phenoxy) is 1. The summed E-state index contributed by atoms with van der Waals surface area (Å²) in [6.07, 6.45) is -8.03. The molecule has 1 aliphatic heterocycles. The number of nitrogens with two attached hydrogens (primary N) is 1. The number of aromatic nitrogens is 4. The highest BCUT2D eigenvalue weighted by Gasteiger charge is 2.48. The highest BCUT2D eigenvalue weighted by Crippen LogP contribution is 2.56. The van der Waals surface area contributed by atoms with Gasteiger partial charge in [-0.25, -0.2) is 19.3 Å². The molecule has 2 aromatic rings. The molecule has 2 aromatic heterocycles. The number of hydrogen-bond donors (Lipinski definition) is 7. The van der Waals surface area contributed by atoms with Crippen molar-refractivity contribution in [3.8, 4) is 0 Å². The molecule has 1 saturated heterocycles. The van der Waals surface area contributed by atoms with Gasteiger partial charge in [-0.05, 0) is 0 Å². The number of phosphoric ester groups is 3. The predicted octanol–water partition coefficient (Wildman–Crippen LogP) is -3.37. The van der Waals surface area contributed by atoms with Gasteiger partial charge in [-0.2, -0.15) is 0 Å². The summed E-state index contributed by atoms with van der Waals surface area (Å²) in [4.78, 5) is 104. The van der Waals surface area contributed by atoms with E-state index in [1.807, 2.05) is 0 Å². The molecule has 8 atom stereocenters. The fourth-order valence-corrected chi connectivity index (χ4v) is 7.98. The van der Waals surface area contributed by atoms with Crippen LogP contribution < -0.4 is 31.0 Å². The SMILES string of the molecule is CC(C)(COP(=O)([O-])OP(=O)([O-])OC[C@H]1O[C@@H](n2cnc3c(N)ncnc32)[C@H](O)[C@@H]1OP(=O)([O-])O)[C@@H](O)C(=O)NCCC(=O)NCCSC(=O)CCC(=O)O. The Balaban J connectivity index is 1.49. The van der Waals surface area contributed by atoms with Gasteiger partial charge in [0, 0.05) is 37.1 Å². The number of fused-ring (bicyclic) bond motifs is 1. The van der Waals surface area contributed by atoms with Crippen molar-refractivity contribution < 1.29 is 90.4 Å². The number of anilines is 1. The number of nitrogen functional groups attached to an aromatic ring is 1. The average molecular weight is 865 g/mol. The molecule has 1 aliphatic rings. The number of phosphoric acid groups is 3. The van der Waals surface area contributed by atoms with E-state index in [2.05, 4.69) is 43.5 Å². The summed E-state index contributed by atoms with van der Waals surface area (Å²) in [6.45, 7) is -0.136. The standard InChI is InChI=1S/C25H40N7O19P3S/c1-25(2,20(38)23(39)28-6-5-14(33)27-7-8-55-16(36)4-3-15(34)35)10-48-54(45,46)51-53(43,44)47-9-13-19(50-52(40,41)42)18(37)24(49-13)32-12-31-17-21(26)29-11-30-22(17)32/h11-13,18-20,24,37-38H,3-10H2,1-2H3,(H,27,33)(H,28,39)(H,34,35)(H,43,44)(H,45,46)(H2,26,29,30)(H2,40,41,42)/p-3/t13-,18-,19-,20+,24-/m1/s1. The molecule has 3 rings (SSSR count). The number of amides is 2. The molecule has 0 aliphatic carbocycles. The van der Waals surface area contributed by atoms with Crippen LogP contribution in [0.15, 0.2) is 12.7 Å². The van der Waals surface area contributed by atoms with E-state index < -0.39 is 90.5 Å². The molecule has 0 bridgehead atoms. The average Bonchev–Trinajstić information content (AvgIpc) is 3.63. The summed E-state index contributed by atoms with van der Waals surface area (Å²) in [5.74, 6) is -2.61. The number of aliphatic carboxylic acids is 1. The van der Waals surface area contributed by atoms with Crippen molar-refractivity contribution in [1.29, 1.82) is 0 Å². The van der Waals surface area contributed by atoms with Crippen molar-refractivity contribution >= 4 is 75.1 Å². The minimum absolute atomic E-state index is 0.0165. The van der Waals surface area contributed by atoms with E-state index in [1.54, 1.807) is 0 Å². The monoisotopic (exact) mass is 864 g/mol. The van der Waals surface area contributed by atoms with Gasteiger partial charge >= 0.3 is 5.97 Å². The molecule has 30 heteroatoms. The van der Waals surface area contributed by atoms with E-state index in [0.717, 1.165) is 29.0 Å². The molecule has 26 nitrogen and oxygen atoms in total. The number of hydrogen-bond acceptors (Lipinski definition) is 22. The van der Waals surface area contributed by atoms with Crippen LogP contribution in [0.4, 0.5) is 5.82 Å². The lowest BCUT2D eigenvalue weighted by Gasteiger charge is -2.35. The zero-order chi connectivity index (χ0) is 41.4. The summed E-state index contributed by atoms with van der Waals surface area (Å²) in [7, 11) is -17.4. The number of nitrogens with zero attached hydrogens (tertiary/aromatic N) is 4. The Morgan fingerprint density at radius 3 is 2.38 bits per heavy atom. The fourth-order valence-electron chi connectivity index (χ4n) is 4.56. The van der Waals surface area contributed by atoms with Crippen molar-refractivity contribution in [2.24, 2.45) is 5.41 Å². The summed E-state index contributed by atoms with van der Waals surface area (Å²) < 4.78 is 60.6. The quantitative estimate of drug-likeness (QED) is 0.0449. The number of aliphatic hydroxyl groups excluding tert-OH is 2. The number of aliphatic hydroxyl groups is 2. The Morgan fingerprint density at radius 1 is 1.05 bits per heavy atom. The third-order valence-corrected chi connectivity index (χ3v) is 11.2. The Bertz CT molecular complexity index is 1850. The second-order valence-electron chi connectivity index (χ2n) is 12.1. The zero-order valence-electron chi connectivity index (χ0n) is 28.7. The number of rotatable bonds is 22. The predicted molar refractivity (Wildman–Crippen MR) is 177 cm³/mol. The number of carbonyl (C=O) groups excluding carboxylic acids is 3. The Hall–Kier alpha value is -2.97. The van der Waals surface area contributed by atoms with Crippen LogP contribution >= 0.6 is 35.2 Å². The van der Waals surface area contributed by atoms with Crippen LogP contribution in [0.25, 0.3) is 11.2 Å². The Morgan fingerprint density at radius 2 is 1.73 bits per heavy atom. The van der Waals surface area contributed by atoms with Gasteiger partial charge in [0.2, 0.25) is 11.8 Å². The van der Waals surface area contributed by atoms with Crippen LogP contribution in [0, 0.1) is 5.41 Å². The van der Waals surface area contributed by atoms with Crippen LogP contribution in [0.5, 0.6) is 0 Å². The molecule has 0 spiro atoms. The maximum atomic E-state index is 12.5. The van der Waals surface area contributed by atoms with Gasteiger partial charge in [0.25, 0.3) is 23.5 Å². The van der Waals surface area contributed by atoms with Crippen molar-refractivity contribution in [2.45, 2.75) is 63.8 Å². The number of carbonyl (C=O) groups is 4. The molecule has 0 aromatic carbocycles. The first-order valence-electron chi connectivity index (χ1n) is 15.6. The molecule has 1 fully saturated rings. The van der Waals surface area contributed by atoms with Gasteiger partial charge < -0.3 is 69.6 Å². The molecule has 3 unspecified atom stereocenters. The van der Waals surface area contributed by atoms with E-state index in [0.29, 0.717) is 0 Å². The topological polar surface area (TPSA) is 409 Å². The lowest BCUT2D eigenvalue weighted by Crippen LogP contribution is -2.46.